The molecule has 12 heavy (non-hydrogen) atoms. The standard InChI is InChI=1S/C5H14P2.C3H9P.CH4/c1-6(2)5-7(3)4;1-4(2)3;/h5H2,1-4H3;1-3H3;1H4. The van der Waals surface area contributed by atoms with Crippen molar-refractivity contribution in [3.05, 3.63) is 0 Å². The van der Waals surface area contributed by atoms with Crippen molar-refractivity contribution in [2.24, 2.45) is 0 Å². The summed E-state index contributed by atoms with van der Waals surface area (Å²) in [6.45, 7) is 16.1. The first-order valence-electron chi connectivity index (χ1n) is 3.76. The quantitative estimate of drug-likeness (QED) is 0.614. The molecule has 0 aromatic heterocycles. The summed E-state index contributed by atoms with van der Waals surface area (Å²) >= 11 is 0. The van der Waals surface area contributed by atoms with Crippen LogP contribution < -0.4 is 0 Å². The monoisotopic (exact) mass is 228 g/mol. The van der Waals surface area contributed by atoms with Crippen molar-refractivity contribution in [2.45, 2.75) is 7.43 Å². The van der Waals surface area contributed by atoms with Gasteiger partial charge in [-0.2, -0.15) is 0 Å². The van der Waals surface area contributed by atoms with Crippen LogP contribution in [0.3, 0.4) is 0 Å². The molecule has 0 aliphatic rings. The molecule has 0 atom stereocenters. The molecule has 78 valence electrons. The lowest BCUT2D eigenvalue weighted by Crippen LogP contribution is -1.74. The van der Waals surface area contributed by atoms with E-state index in [2.05, 4.69) is 46.7 Å². The second kappa shape index (κ2) is 12.3. The molecule has 0 saturated heterocycles. The van der Waals surface area contributed by atoms with Gasteiger partial charge in [-0.15, -0.1) is 23.8 Å². The summed E-state index contributed by atoms with van der Waals surface area (Å²) in [5.41, 5.74) is 0. The van der Waals surface area contributed by atoms with Gasteiger partial charge in [-0.25, -0.2) is 0 Å². The predicted octanol–water partition coefficient (Wildman–Crippen LogP) is 4.42. The van der Waals surface area contributed by atoms with Crippen LogP contribution in [0, 0.1) is 0 Å². The van der Waals surface area contributed by atoms with Crippen LogP contribution in [-0.2, 0) is 0 Å². The fraction of sp³-hybridized carbons (Fsp3) is 1.00. The first-order chi connectivity index (χ1) is 4.86. The van der Waals surface area contributed by atoms with Gasteiger partial charge in [0, 0.05) is 0 Å². The summed E-state index contributed by atoms with van der Waals surface area (Å²) in [5, 5.41) is 0. The maximum absolute atomic E-state index is 2.34. The summed E-state index contributed by atoms with van der Waals surface area (Å²) in [6.07, 6.45) is 0. The van der Waals surface area contributed by atoms with Crippen molar-refractivity contribution in [3.8, 4) is 0 Å². The Kier molecular flexibility index (Phi) is 19.4. The van der Waals surface area contributed by atoms with E-state index in [1.54, 1.807) is 0 Å². The fourth-order valence-corrected chi connectivity index (χ4v) is 5.09. The zero-order chi connectivity index (χ0) is 9.44. The van der Waals surface area contributed by atoms with E-state index in [4.69, 9.17) is 0 Å². The highest BCUT2D eigenvalue weighted by atomic mass is 31.2. The maximum Gasteiger partial charge on any atom is -0.0130 e. The molecule has 0 heterocycles. The highest BCUT2D eigenvalue weighted by Gasteiger charge is 1.94. The van der Waals surface area contributed by atoms with Gasteiger partial charge in [0.25, 0.3) is 0 Å². The van der Waals surface area contributed by atoms with Gasteiger partial charge in [0.05, 0.1) is 0 Å². The molecule has 3 heteroatoms. The molecule has 0 bridgehead atoms. The van der Waals surface area contributed by atoms with E-state index in [1.165, 1.54) is 5.90 Å². The molecule has 0 aliphatic heterocycles. The van der Waals surface area contributed by atoms with Crippen molar-refractivity contribution in [2.75, 3.05) is 52.6 Å². The lowest BCUT2D eigenvalue weighted by molar-refractivity contribution is 1.95. The van der Waals surface area contributed by atoms with E-state index in [1.807, 2.05) is 0 Å². The Morgan fingerprint density at radius 3 is 0.833 bits per heavy atom. The first kappa shape index (κ1) is 19.0. The molecule has 0 fully saturated rings. The zero-order valence-corrected chi connectivity index (χ0v) is 11.7. The molecule has 0 aliphatic carbocycles. The SMILES string of the molecule is C.CP(C)C.CP(C)CP(C)C. The average Bonchev–Trinajstić information content (AvgIpc) is 1.56. The first-order valence-corrected chi connectivity index (χ1v) is 11.3. The largest absolute Gasteiger partial charge is 0.116 e. The highest BCUT2D eigenvalue weighted by molar-refractivity contribution is 7.73. The van der Waals surface area contributed by atoms with Gasteiger partial charge in [0.1, 0.15) is 0 Å². The Morgan fingerprint density at radius 2 is 0.833 bits per heavy atom. The van der Waals surface area contributed by atoms with E-state index in [0.717, 1.165) is 0 Å². The number of hydrogen-bond acceptors (Lipinski definition) is 0. The van der Waals surface area contributed by atoms with Crippen LogP contribution in [0.25, 0.3) is 0 Å². The second-order valence-electron chi connectivity index (χ2n) is 3.64. The molecule has 0 aromatic carbocycles. The molecule has 0 aromatic rings. The molecule has 0 N–H and O–H groups in total. The number of rotatable bonds is 2. The van der Waals surface area contributed by atoms with Crippen molar-refractivity contribution >= 4 is 23.8 Å². The molecular formula is C9H27P3. The van der Waals surface area contributed by atoms with E-state index in [-0.39, 0.29) is 7.43 Å². The molecule has 0 unspecified atom stereocenters. The fourth-order valence-electron chi connectivity index (χ4n) is 0.566. The highest BCUT2D eigenvalue weighted by Crippen LogP contribution is 2.40. The predicted molar refractivity (Wildman–Crippen MR) is 73.8 cm³/mol. The topological polar surface area (TPSA) is 0 Å². The third kappa shape index (κ3) is 42.7. The Balaban J connectivity index is -0.000000142. The van der Waals surface area contributed by atoms with E-state index < -0.39 is 0 Å². The molecule has 0 amide bonds. The number of hydrogen-bond donors (Lipinski definition) is 0. The van der Waals surface area contributed by atoms with Crippen molar-refractivity contribution < 1.29 is 0 Å². The average molecular weight is 228 g/mol. The summed E-state index contributed by atoms with van der Waals surface area (Å²) < 4.78 is 0. The summed E-state index contributed by atoms with van der Waals surface area (Å²) in [6, 6.07) is 0. The normalized spacial score (nSPS) is 9.50. The summed E-state index contributed by atoms with van der Waals surface area (Å²) in [7, 11) is 1.16. The maximum atomic E-state index is 2.34. The molecule has 0 rings (SSSR count). The smallest absolute Gasteiger partial charge is 0.0130 e. The van der Waals surface area contributed by atoms with Gasteiger partial charge in [0.2, 0.25) is 0 Å². The van der Waals surface area contributed by atoms with Gasteiger partial charge < -0.3 is 0 Å². The Labute approximate surface area is 84.2 Å². The van der Waals surface area contributed by atoms with Crippen LogP contribution in [0.5, 0.6) is 0 Å². The minimum atomic E-state index is 0. The second-order valence-corrected chi connectivity index (χ2v) is 11.8. The van der Waals surface area contributed by atoms with Crippen molar-refractivity contribution in [3.63, 3.8) is 0 Å². The molecule has 0 saturated carbocycles. The summed E-state index contributed by atoms with van der Waals surface area (Å²) in [4.78, 5) is 0. The van der Waals surface area contributed by atoms with Crippen LogP contribution in [0.4, 0.5) is 0 Å². The van der Waals surface area contributed by atoms with Crippen LogP contribution in [-0.4, -0.2) is 52.6 Å². The van der Waals surface area contributed by atoms with E-state index >= 15 is 0 Å². The van der Waals surface area contributed by atoms with Gasteiger partial charge in [-0.05, 0) is 52.6 Å². The molecule has 0 nitrogen and oxygen atoms in total. The van der Waals surface area contributed by atoms with Crippen LogP contribution in [0.1, 0.15) is 7.43 Å². The van der Waals surface area contributed by atoms with Crippen molar-refractivity contribution in [1.29, 1.82) is 0 Å². The summed E-state index contributed by atoms with van der Waals surface area (Å²) in [5.74, 6) is 1.49. The van der Waals surface area contributed by atoms with Crippen LogP contribution >= 0.6 is 23.8 Å². The van der Waals surface area contributed by atoms with Gasteiger partial charge in [-0.1, -0.05) is 7.43 Å². The Hall–Kier alpha value is 1.29. The molecular weight excluding hydrogens is 201 g/mol. The Morgan fingerprint density at radius 1 is 0.667 bits per heavy atom. The third-order valence-corrected chi connectivity index (χ3v) is 5.09. The van der Waals surface area contributed by atoms with E-state index in [9.17, 15) is 0 Å². The molecule has 0 radical (unpaired) electrons. The van der Waals surface area contributed by atoms with Gasteiger partial charge in [0.15, 0.2) is 0 Å². The van der Waals surface area contributed by atoms with Crippen molar-refractivity contribution in [1.82, 2.24) is 0 Å². The zero-order valence-electron chi connectivity index (χ0n) is 9.05. The lowest BCUT2D eigenvalue weighted by Gasteiger charge is -2.07. The van der Waals surface area contributed by atoms with Gasteiger partial charge >= 0.3 is 0 Å². The minimum absolute atomic E-state index is 0. The minimum Gasteiger partial charge on any atom is -0.116 e. The lowest BCUT2D eigenvalue weighted by atomic mass is 11.8. The van der Waals surface area contributed by atoms with Gasteiger partial charge in [-0.3, -0.25) is 0 Å². The Bertz CT molecular complexity index is 61.4. The van der Waals surface area contributed by atoms with E-state index in [0.29, 0.717) is 23.8 Å². The van der Waals surface area contributed by atoms with Crippen LogP contribution in [0.2, 0.25) is 0 Å². The molecule has 0 spiro atoms. The third-order valence-electron chi connectivity index (χ3n) is 0.566. The van der Waals surface area contributed by atoms with Crippen LogP contribution in [0.15, 0.2) is 0 Å².